The molecule has 0 aliphatic carbocycles. The molecule has 7 heteroatoms. The molecule has 2 aromatic carbocycles. The molecule has 1 N–H and O–H groups in total. The van der Waals surface area contributed by atoms with Crippen molar-refractivity contribution in [3.05, 3.63) is 42.5 Å². The highest BCUT2D eigenvalue weighted by atomic mass is 19.4. The molecular formula is C21H25F3N2O2. The van der Waals surface area contributed by atoms with Crippen molar-refractivity contribution in [2.75, 3.05) is 32.8 Å². The van der Waals surface area contributed by atoms with E-state index in [-0.39, 0.29) is 12.5 Å². The molecule has 1 amide bonds. The van der Waals surface area contributed by atoms with Gasteiger partial charge in [0.25, 0.3) is 5.91 Å². The quantitative estimate of drug-likeness (QED) is 0.772. The van der Waals surface area contributed by atoms with E-state index in [9.17, 15) is 18.0 Å². The number of hydrogen-bond donors (Lipinski definition) is 1. The van der Waals surface area contributed by atoms with E-state index in [0.29, 0.717) is 31.3 Å². The van der Waals surface area contributed by atoms with E-state index in [1.54, 1.807) is 0 Å². The predicted molar refractivity (Wildman–Crippen MR) is 102 cm³/mol. The molecule has 0 atom stereocenters. The van der Waals surface area contributed by atoms with Crippen LogP contribution in [0.25, 0.3) is 10.8 Å². The van der Waals surface area contributed by atoms with Crippen LogP contribution in [0.2, 0.25) is 0 Å². The Balaban J connectivity index is 1.32. The van der Waals surface area contributed by atoms with Gasteiger partial charge in [-0.15, -0.1) is 0 Å². The summed E-state index contributed by atoms with van der Waals surface area (Å²) in [6.07, 6.45) is -1.88. The van der Waals surface area contributed by atoms with Crippen LogP contribution < -0.4 is 10.1 Å². The zero-order chi connectivity index (χ0) is 20.0. The molecule has 4 nitrogen and oxygen atoms in total. The van der Waals surface area contributed by atoms with Gasteiger partial charge in [-0.2, -0.15) is 13.2 Å². The topological polar surface area (TPSA) is 41.6 Å². The van der Waals surface area contributed by atoms with Crippen LogP contribution in [0.1, 0.15) is 19.3 Å². The average Bonchev–Trinajstić information content (AvgIpc) is 2.66. The van der Waals surface area contributed by atoms with Crippen LogP contribution in [0.3, 0.4) is 0 Å². The summed E-state index contributed by atoms with van der Waals surface area (Å²) < 4.78 is 42.8. The van der Waals surface area contributed by atoms with E-state index in [0.717, 1.165) is 30.0 Å². The standard InChI is InChI=1S/C21H25F3N2O2/c22-21(23,24)15-26-11-8-16(9-12-26)7-10-25-20(27)14-28-19-6-5-17-3-1-2-4-18(17)13-19/h1-6,13,16H,7-12,14-15H2,(H,25,27). The maximum atomic E-state index is 12.4. The molecule has 1 saturated heterocycles. The van der Waals surface area contributed by atoms with E-state index in [1.807, 2.05) is 42.5 Å². The summed E-state index contributed by atoms with van der Waals surface area (Å²) in [6, 6.07) is 13.6. The van der Waals surface area contributed by atoms with Crippen molar-refractivity contribution in [2.24, 2.45) is 5.92 Å². The van der Waals surface area contributed by atoms with Crippen LogP contribution in [-0.4, -0.2) is 49.8 Å². The Morgan fingerprint density at radius 2 is 1.82 bits per heavy atom. The highest BCUT2D eigenvalue weighted by molar-refractivity contribution is 5.84. The second-order valence-electron chi connectivity index (χ2n) is 7.27. The fourth-order valence-corrected chi connectivity index (χ4v) is 3.56. The van der Waals surface area contributed by atoms with Gasteiger partial charge in [0.2, 0.25) is 0 Å². The first kappa shape index (κ1) is 20.5. The number of carbonyl (C=O) groups is 1. The number of halogens is 3. The van der Waals surface area contributed by atoms with Crippen molar-refractivity contribution >= 4 is 16.7 Å². The van der Waals surface area contributed by atoms with Gasteiger partial charge in [-0.3, -0.25) is 9.69 Å². The third-order valence-electron chi connectivity index (χ3n) is 5.08. The summed E-state index contributed by atoms with van der Waals surface area (Å²) in [5.74, 6) is 0.805. The molecule has 0 bridgehead atoms. The maximum Gasteiger partial charge on any atom is 0.401 e. The smallest absolute Gasteiger partial charge is 0.401 e. The number of carbonyl (C=O) groups excluding carboxylic acids is 1. The molecule has 152 valence electrons. The van der Waals surface area contributed by atoms with Gasteiger partial charge in [-0.1, -0.05) is 30.3 Å². The Hall–Kier alpha value is -2.28. The minimum Gasteiger partial charge on any atom is -0.484 e. The molecule has 1 aliphatic rings. The minimum absolute atomic E-state index is 0.0532. The lowest BCUT2D eigenvalue weighted by Crippen LogP contribution is -2.40. The molecule has 0 unspecified atom stereocenters. The van der Waals surface area contributed by atoms with Crippen molar-refractivity contribution in [2.45, 2.75) is 25.4 Å². The Morgan fingerprint density at radius 1 is 1.11 bits per heavy atom. The number of alkyl halides is 3. The summed E-state index contributed by atoms with van der Waals surface area (Å²) in [5, 5.41) is 4.99. The second kappa shape index (κ2) is 9.28. The van der Waals surface area contributed by atoms with Crippen molar-refractivity contribution in [1.29, 1.82) is 0 Å². The molecular weight excluding hydrogens is 369 g/mol. The van der Waals surface area contributed by atoms with E-state index in [2.05, 4.69) is 5.32 Å². The number of nitrogens with one attached hydrogen (secondary N) is 1. The first-order valence-electron chi connectivity index (χ1n) is 9.56. The number of hydrogen-bond acceptors (Lipinski definition) is 3. The molecule has 0 spiro atoms. The second-order valence-corrected chi connectivity index (χ2v) is 7.27. The van der Waals surface area contributed by atoms with Gasteiger partial charge in [-0.25, -0.2) is 0 Å². The lowest BCUT2D eigenvalue weighted by molar-refractivity contribution is -0.148. The highest BCUT2D eigenvalue weighted by Gasteiger charge is 2.32. The van der Waals surface area contributed by atoms with Crippen LogP contribution in [0.15, 0.2) is 42.5 Å². The maximum absolute atomic E-state index is 12.4. The number of benzene rings is 2. The molecule has 0 saturated carbocycles. The molecule has 1 aliphatic heterocycles. The Kier molecular flexibility index (Phi) is 6.78. The lowest BCUT2D eigenvalue weighted by atomic mass is 9.93. The van der Waals surface area contributed by atoms with Crippen molar-refractivity contribution in [3.63, 3.8) is 0 Å². The Morgan fingerprint density at radius 3 is 2.54 bits per heavy atom. The summed E-state index contributed by atoms with van der Waals surface area (Å²) in [7, 11) is 0. The lowest BCUT2D eigenvalue weighted by Gasteiger charge is -2.32. The van der Waals surface area contributed by atoms with Gasteiger partial charge >= 0.3 is 6.18 Å². The van der Waals surface area contributed by atoms with E-state index >= 15 is 0 Å². The van der Waals surface area contributed by atoms with Gasteiger partial charge in [0.15, 0.2) is 6.61 Å². The molecule has 0 radical (unpaired) electrons. The molecule has 2 aromatic rings. The van der Waals surface area contributed by atoms with Crippen LogP contribution in [0.4, 0.5) is 13.2 Å². The molecule has 1 fully saturated rings. The Labute approximate surface area is 162 Å². The van der Waals surface area contributed by atoms with Gasteiger partial charge in [0.05, 0.1) is 6.54 Å². The zero-order valence-electron chi connectivity index (χ0n) is 15.7. The van der Waals surface area contributed by atoms with Crippen LogP contribution >= 0.6 is 0 Å². The summed E-state index contributed by atoms with van der Waals surface area (Å²) in [4.78, 5) is 13.4. The number of piperidine rings is 1. The largest absolute Gasteiger partial charge is 0.484 e. The minimum atomic E-state index is -4.13. The fraction of sp³-hybridized carbons (Fsp3) is 0.476. The molecule has 1 heterocycles. The number of ether oxygens (including phenoxy) is 1. The SMILES string of the molecule is O=C(COc1ccc2ccccc2c1)NCCC1CCN(CC(F)(F)F)CC1. The summed E-state index contributed by atoms with van der Waals surface area (Å²) >= 11 is 0. The summed E-state index contributed by atoms with van der Waals surface area (Å²) in [6.45, 7) is 0.557. The predicted octanol–water partition coefficient (Wildman–Crippen LogP) is 4.00. The van der Waals surface area contributed by atoms with Crippen molar-refractivity contribution in [1.82, 2.24) is 10.2 Å². The number of likely N-dealkylation sites (tertiary alicyclic amines) is 1. The fourth-order valence-electron chi connectivity index (χ4n) is 3.56. The number of fused-ring (bicyclic) bond motifs is 1. The van der Waals surface area contributed by atoms with Gasteiger partial charge in [-0.05, 0) is 61.2 Å². The van der Waals surface area contributed by atoms with Crippen LogP contribution in [0, 0.1) is 5.92 Å². The highest BCUT2D eigenvalue weighted by Crippen LogP contribution is 2.24. The average molecular weight is 394 g/mol. The Bertz CT molecular complexity index is 787. The van der Waals surface area contributed by atoms with E-state index < -0.39 is 12.7 Å². The van der Waals surface area contributed by atoms with Gasteiger partial charge in [0, 0.05) is 6.54 Å². The van der Waals surface area contributed by atoms with Crippen molar-refractivity contribution < 1.29 is 22.7 Å². The molecule has 28 heavy (non-hydrogen) atoms. The zero-order valence-corrected chi connectivity index (χ0v) is 15.7. The third kappa shape index (κ3) is 6.41. The number of nitrogens with zero attached hydrogens (tertiary/aromatic N) is 1. The monoisotopic (exact) mass is 394 g/mol. The normalized spacial score (nSPS) is 16.2. The molecule has 3 rings (SSSR count). The van der Waals surface area contributed by atoms with E-state index in [1.165, 1.54) is 4.90 Å². The van der Waals surface area contributed by atoms with Crippen LogP contribution in [0.5, 0.6) is 5.75 Å². The summed E-state index contributed by atoms with van der Waals surface area (Å²) in [5.41, 5.74) is 0. The third-order valence-corrected chi connectivity index (χ3v) is 5.08. The molecule has 0 aromatic heterocycles. The van der Waals surface area contributed by atoms with Gasteiger partial charge < -0.3 is 10.1 Å². The van der Waals surface area contributed by atoms with Gasteiger partial charge in [0.1, 0.15) is 5.75 Å². The first-order chi connectivity index (χ1) is 13.4. The van der Waals surface area contributed by atoms with Crippen LogP contribution in [-0.2, 0) is 4.79 Å². The van der Waals surface area contributed by atoms with E-state index in [4.69, 9.17) is 4.74 Å². The number of amides is 1. The first-order valence-corrected chi connectivity index (χ1v) is 9.56. The van der Waals surface area contributed by atoms with Crippen molar-refractivity contribution in [3.8, 4) is 5.75 Å². The number of rotatable bonds is 7.